The van der Waals surface area contributed by atoms with Gasteiger partial charge < -0.3 is 23.5 Å². The van der Waals surface area contributed by atoms with Crippen molar-refractivity contribution in [1.29, 1.82) is 0 Å². The van der Waals surface area contributed by atoms with Crippen LogP contribution < -0.4 is 4.74 Å². The molecule has 176 valence electrons. The molecular weight excluding hydrogens is 432 g/mol. The number of ether oxygens (including phenoxy) is 4. The highest BCUT2D eigenvalue weighted by Gasteiger charge is 2.64. The summed E-state index contributed by atoms with van der Waals surface area (Å²) in [4.78, 5) is 13.4. The predicted molar refractivity (Wildman–Crippen MR) is 127 cm³/mol. The number of benzene rings is 1. The van der Waals surface area contributed by atoms with Gasteiger partial charge in [0.05, 0.1) is 11.2 Å². The van der Waals surface area contributed by atoms with E-state index in [2.05, 4.69) is 21.0 Å². The van der Waals surface area contributed by atoms with Crippen molar-refractivity contribution in [2.45, 2.75) is 64.4 Å². The molecule has 0 radical (unpaired) electrons. The lowest BCUT2D eigenvalue weighted by Crippen LogP contribution is -2.46. The molecule has 4 aromatic rings. The molecule has 0 spiro atoms. The Kier molecular flexibility index (Phi) is 4.71. The Morgan fingerprint density at radius 2 is 1.88 bits per heavy atom. The van der Waals surface area contributed by atoms with Gasteiger partial charge in [-0.15, -0.1) is 0 Å². The average molecular weight is 461 g/mol. The second-order valence-electron chi connectivity index (χ2n) is 9.78. The highest BCUT2D eigenvalue weighted by molar-refractivity contribution is 5.80. The minimum absolute atomic E-state index is 0.313. The highest BCUT2D eigenvalue weighted by Crippen LogP contribution is 2.50. The van der Waals surface area contributed by atoms with Crippen molar-refractivity contribution in [1.82, 2.24) is 19.5 Å². The smallest absolute Gasteiger partial charge is 0.165 e. The van der Waals surface area contributed by atoms with Gasteiger partial charge in [0.25, 0.3) is 0 Å². The molecular formula is C26H28N4O4. The fraction of sp³-hybridized carbons (Fsp3) is 0.423. The molecule has 3 aromatic heterocycles. The Bertz CT molecular complexity index is 1400. The maximum absolute atomic E-state index is 6.56. The molecule has 0 aliphatic carbocycles. The molecule has 0 amide bonds. The van der Waals surface area contributed by atoms with E-state index in [0.717, 1.165) is 39.1 Å². The third kappa shape index (κ3) is 3.36. The van der Waals surface area contributed by atoms with Gasteiger partial charge in [0.1, 0.15) is 42.1 Å². The Hall–Kier alpha value is -3.07. The third-order valence-corrected chi connectivity index (χ3v) is 6.83. The molecule has 0 unspecified atom stereocenters. The van der Waals surface area contributed by atoms with E-state index in [0.29, 0.717) is 6.61 Å². The van der Waals surface area contributed by atoms with Crippen molar-refractivity contribution in [3.63, 3.8) is 0 Å². The minimum atomic E-state index is -0.738. The van der Waals surface area contributed by atoms with Crippen LogP contribution in [0.1, 0.15) is 38.4 Å². The molecule has 5 heterocycles. The van der Waals surface area contributed by atoms with Crippen LogP contribution in [-0.2, 0) is 14.2 Å². The Morgan fingerprint density at radius 1 is 1.06 bits per heavy atom. The standard InChI is InChI=1S/C26H28N4O4/c1-15-6-7-17-8-9-18(12-20(17)29-15)31-13-21-26(5)22(33-25(3,4)34-26)24(32-21)30-11-10-19-16(2)27-14-28-23(19)30/h6-12,14,21-22,24H,13H2,1-5H3/t21-,22+,24-,26-/m1/s1. The van der Waals surface area contributed by atoms with Crippen LogP contribution in [0.2, 0.25) is 0 Å². The van der Waals surface area contributed by atoms with E-state index >= 15 is 0 Å². The molecule has 8 heteroatoms. The maximum Gasteiger partial charge on any atom is 0.165 e. The molecule has 0 saturated carbocycles. The van der Waals surface area contributed by atoms with Crippen LogP contribution in [-0.4, -0.2) is 49.7 Å². The molecule has 2 saturated heterocycles. The number of hydrogen-bond acceptors (Lipinski definition) is 7. The van der Waals surface area contributed by atoms with Gasteiger partial charge in [-0.25, -0.2) is 9.97 Å². The molecule has 34 heavy (non-hydrogen) atoms. The lowest BCUT2D eigenvalue weighted by atomic mass is 9.95. The Balaban J connectivity index is 1.31. The van der Waals surface area contributed by atoms with Gasteiger partial charge in [-0.1, -0.05) is 6.07 Å². The van der Waals surface area contributed by atoms with E-state index in [9.17, 15) is 0 Å². The van der Waals surface area contributed by atoms with Gasteiger partial charge in [0, 0.05) is 28.7 Å². The molecule has 2 aliphatic heterocycles. The average Bonchev–Trinajstić information content (AvgIpc) is 3.40. The SMILES string of the molecule is Cc1ccc2ccc(OC[C@H]3O[C@@H](n4ccc5c(C)ncnc54)[C@@H]4OC(C)(C)O[C@]34C)cc2n1. The second kappa shape index (κ2) is 7.46. The van der Waals surface area contributed by atoms with Gasteiger partial charge in [0.2, 0.25) is 0 Å². The van der Waals surface area contributed by atoms with E-state index in [1.54, 1.807) is 6.33 Å². The summed E-state index contributed by atoms with van der Waals surface area (Å²) in [5, 5.41) is 2.07. The number of aryl methyl sites for hydroxylation is 2. The predicted octanol–water partition coefficient (Wildman–Crippen LogP) is 4.48. The van der Waals surface area contributed by atoms with E-state index in [-0.39, 0.29) is 12.2 Å². The zero-order valence-electron chi connectivity index (χ0n) is 20.0. The van der Waals surface area contributed by atoms with E-state index in [1.807, 2.05) is 75.7 Å². The summed E-state index contributed by atoms with van der Waals surface area (Å²) in [6, 6.07) is 12.0. The van der Waals surface area contributed by atoms with Crippen LogP contribution in [0.5, 0.6) is 5.75 Å². The lowest BCUT2D eigenvalue weighted by molar-refractivity contribution is -0.213. The molecule has 6 rings (SSSR count). The minimum Gasteiger partial charge on any atom is -0.491 e. The third-order valence-electron chi connectivity index (χ3n) is 6.83. The van der Waals surface area contributed by atoms with Gasteiger partial charge in [0.15, 0.2) is 12.0 Å². The first-order valence-electron chi connectivity index (χ1n) is 11.6. The number of rotatable bonds is 4. The van der Waals surface area contributed by atoms with Crippen molar-refractivity contribution in [3.8, 4) is 5.75 Å². The van der Waals surface area contributed by atoms with Gasteiger partial charge in [-0.3, -0.25) is 4.98 Å². The van der Waals surface area contributed by atoms with Gasteiger partial charge >= 0.3 is 0 Å². The van der Waals surface area contributed by atoms with Crippen LogP contribution in [0.25, 0.3) is 21.9 Å². The van der Waals surface area contributed by atoms with Gasteiger partial charge in [-0.2, -0.15) is 0 Å². The van der Waals surface area contributed by atoms with E-state index < -0.39 is 17.6 Å². The van der Waals surface area contributed by atoms with Crippen molar-refractivity contribution >= 4 is 21.9 Å². The molecule has 2 fully saturated rings. The monoisotopic (exact) mass is 460 g/mol. The molecule has 0 bridgehead atoms. The summed E-state index contributed by atoms with van der Waals surface area (Å²) in [6.45, 7) is 10.2. The first-order valence-corrected chi connectivity index (χ1v) is 11.6. The van der Waals surface area contributed by atoms with Crippen LogP contribution >= 0.6 is 0 Å². The summed E-state index contributed by atoms with van der Waals surface area (Å²) in [7, 11) is 0. The summed E-state index contributed by atoms with van der Waals surface area (Å²) in [5.74, 6) is 0.00330. The zero-order valence-corrected chi connectivity index (χ0v) is 20.0. The number of pyridine rings is 1. The fourth-order valence-corrected chi connectivity index (χ4v) is 5.18. The summed E-state index contributed by atoms with van der Waals surface area (Å²) < 4.78 is 27.6. The Morgan fingerprint density at radius 3 is 2.74 bits per heavy atom. The summed E-state index contributed by atoms with van der Waals surface area (Å²) in [6.07, 6.45) is 2.46. The van der Waals surface area contributed by atoms with E-state index in [1.165, 1.54) is 0 Å². The first kappa shape index (κ1) is 21.5. The topological polar surface area (TPSA) is 80.5 Å². The summed E-state index contributed by atoms with van der Waals surface area (Å²) in [5.41, 5.74) is 2.92. The van der Waals surface area contributed by atoms with Crippen molar-refractivity contribution in [2.75, 3.05) is 6.61 Å². The van der Waals surface area contributed by atoms with Crippen molar-refractivity contribution in [2.24, 2.45) is 0 Å². The quantitative estimate of drug-likeness (QED) is 0.444. The molecule has 0 N–H and O–H groups in total. The van der Waals surface area contributed by atoms with Crippen LogP contribution in [0.4, 0.5) is 0 Å². The molecule has 4 atom stereocenters. The van der Waals surface area contributed by atoms with Crippen LogP contribution in [0, 0.1) is 13.8 Å². The lowest BCUT2D eigenvalue weighted by Gasteiger charge is -2.29. The maximum atomic E-state index is 6.56. The van der Waals surface area contributed by atoms with Crippen molar-refractivity contribution < 1.29 is 18.9 Å². The van der Waals surface area contributed by atoms with Crippen LogP contribution in [0.15, 0.2) is 48.9 Å². The fourth-order valence-electron chi connectivity index (χ4n) is 5.18. The molecule has 8 nitrogen and oxygen atoms in total. The largest absolute Gasteiger partial charge is 0.491 e. The zero-order chi connectivity index (χ0) is 23.7. The van der Waals surface area contributed by atoms with E-state index in [4.69, 9.17) is 18.9 Å². The number of fused-ring (bicyclic) bond motifs is 3. The normalized spacial score (nSPS) is 28.0. The number of nitrogens with zero attached hydrogens (tertiary/aromatic N) is 4. The Labute approximate surface area is 197 Å². The first-order chi connectivity index (χ1) is 16.2. The number of hydrogen-bond donors (Lipinski definition) is 0. The van der Waals surface area contributed by atoms with Gasteiger partial charge in [-0.05, 0) is 58.9 Å². The molecule has 2 aliphatic rings. The molecule has 1 aromatic carbocycles. The highest BCUT2D eigenvalue weighted by atomic mass is 16.8. The van der Waals surface area contributed by atoms with Crippen LogP contribution in [0.3, 0.4) is 0 Å². The second-order valence-corrected chi connectivity index (χ2v) is 9.78. The number of aromatic nitrogens is 4. The van der Waals surface area contributed by atoms with Crippen molar-refractivity contribution in [3.05, 3.63) is 60.3 Å². The summed E-state index contributed by atoms with van der Waals surface area (Å²) >= 11 is 0.